The molecule has 124 valence electrons. The van der Waals surface area contributed by atoms with Crippen LogP contribution in [0, 0.1) is 13.8 Å². The highest BCUT2D eigenvalue weighted by Crippen LogP contribution is 2.10. The van der Waals surface area contributed by atoms with E-state index in [4.69, 9.17) is 9.90 Å². The minimum absolute atomic E-state index is 0.250. The average Bonchev–Trinajstić information content (AvgIpc) is 2.52. The lowest BCUT2D eigenvalue weighted by Crippen LogP contribution is -2.18. The summed E-state index contributed by atoms with van der Waals surface area (Å²) in [5, 5.41) is 10.0. The van der Waals surface area contributed by atoms with E-state index in [1.807, 2.05) is 33.0 Å². The Bertz CT molecular complexity index is 615. The predicted octanol–water partition coefficient (Wildman–Crippen LogP) is 1.65. The van der Waals surface area contributed by atoms with E-state index in [-0.39, 0.29) is 6.47 Å². The van der Waals surface area contributed by atoms with Crippen LogP contribution in [0.2, 0.25) is 0 Å². The second-order valence-corrected chi connectivity index (χ2v) is 4.78. The van der Waals surface area contributed by atoms with Gasteiger partial charge in [0.1, 0.15) is 11.6 Å². The van der Waals surface area contributed by atoms with E-state index in [1.165, 1.54) is 0 Å². The van der Waals surface area contributed by atoms with Crippen molar-refractivity contribution in [3.8, 4) is 0 Å². The van der Waals surface area contributed by atoms with Crippen LogP contribution >= 0.6 is 0 Å². The zero-order valence-corrected chi connectivity index (χ0v) is 13.8. The highest BCUT2D eigenvalue weighted by molar-refractivity contribution is 5.41. The van der Waals surface area contributed by atoms with Crippen LogP contribution in [0.4, 0.5) is 11.8 Å². The Hall–Kier alpha value is -2.77. The molecule has 0 atom stereocenters. The fourth-order valence-corrected chi connectivity index (χ4v) is 1.85. The molecule has 0 aromatic carbocycles. The summed E-state index contributed by atoms with van der Waals surface area (Å²) in [6.45, 7) is 7.17. The van der Waals surface area contributed by atoms with Gasteiger partial charge in [-0.3, -0.25) is 4.79 Å². The van der Waals surface area contributed by atoms with E-state index in [2.05, 4.69) is 37.1 Å². The van der Waals surface area contributed by atoms with E-state index in [9.17, 15) is 0 Å². The minimum Gasteiger partial charge on any atom is -0.483 e. The number of nitrogens with one attached hydrogen (secondary N) is 1. The third-order valence-corrected chi connectivity index (χ3v) is 2.94. The molecule has 2 aromatic heterocycles. The molecular weight excluding hydrogens is 296 g/mol. The lowest BCUT2D eigenvalue weighted by Gasteiger charge is -2.15. The van der Waals surface area contributed by atoms with Crippen molar-refractivity contribution in [3.63, 3.8) is 0 Å². The molecule has 0 aliphatic rings. The Morgan fingerprint density at radius 1 is 1.26 bits per heavy atom. The van der Waals surface area contributed by atoms with Crippen molar-refractivity contribution in [2.24, 2.45) is 0 Å². The monoisotopic (exact) mass is 318 g/mol. The highest BCUT2D eigenvalue weighted by Gasteiger charge is 2.04. The van der Waals surface area contributed by atoms with Crippen molar-refractivity contribution in [3.05, 3.63) is 35.5 Å². The van der Waals surface area contributed by atoms with Crippen LogP contribution in [0.25, 0.3) is 0 Å². The molecule has 0 aliphatic carbocycles. The fraction of sp³-hybridized carbons (Fsp3) is 0.400. The second kappa shape index (κ2) is 9.29. The maximum Gasteiger partial charge on any atom is 0.290 e. The maximum atomic E-state index is 8.36. The van der Waals surface area contributed by atoms with Gasteiger partial charge in [0.15, 0.2) is 0 Å². The second-order valence-electron chi connectivity index (χ2n) is 4.78. The van der Waals surface area contributed by atoms with Crippen LogP contribution < -0.4 is 10.2 Å². The number of hydrogen-bond donors (Lipinski definition) is 2. The molecule has 0 saturated carbocycles. The zero-order valence-electron chi connectivity index (χ0n) is 13.8. The first kappa shape index (κ1) is 18.3. The van der Waals surface area contributed by atoms with Crippen molar-refractivity contribution in [2.45, 2.75) is 27.3 Å². The summed E-state index contributed by atoms with van der Waals surface area (Å²) in [5.41, 5.74) is 1.93. The van der Waals surface area contributed by atoms with E-state index in [1.54, 1.807) is 6.20 Å². The number of carbonyl (C=O) groups is 1. The molecule has 0 aliphatic heterocycles. The number of anilines is 2. The highest BCUT2D eigenvalue weighted by atomic mass is 16.3. The van der Waals surface area contributed by atoms with Crippen molar-refractivity contribution in [1.82, 2.24) is 19.9 Å². The number of aromatic nitrogens is 4. The van der Waals surface area contributed by atoms with Crippen molar-refractivity contribution >= 4 is 18.2 Å². The van der Waals surface area contributed by atoms with E-state index < -0.39 is 0 Å². The smallest absolute Gasteiger partial charge is 0.290 e. The summed E-state index contributed by atoms with van der Waals surface area (Å²) < 4.78 is 0. The number of carboxylic acid groups (broad SMARTS) is 1. The first-order chi connectivity index (χ1) is 11.0. The number of nitrogens with zero attached hydrogens (tertiary/aromatic N) is 5. The van der Waals surface area contributed by atoms with Gasteiger partial charge in [-0.05, 0) is 32.9 Å². The summed E-state index contributed by atoms with van der Waals surface area (Å²) in [6.07, 6.45) is 1.75. The Morgan fingerprint density at radius 2 is 1.87 bits per heavy atom. The van der Waals surface area contributed by atoms with E-state index >= 15 is 0 Å². The van der Waals surface area contributed by atoms with Gasteiger partial charge in [0.05, 0.1) is 6.54 Å². The lowest BCUT2D eigenvalue weighted by atomic mass is 10.3. The largest absolute Gasteiger partial charge is 0.483 e. The molecule has 8 heteroatoms. The minimum atomic E-state index is -0.250. The third kappa shape index (κ3) is 6.25. The first-order valence-corrected chi connectivity index (χ1v) is 7.17. The van der Waals surface area contributed by atoms with Gasteiger partial charge in [0, 0.05) is 31.2 Å². The molecule has 0 saturated heterocycles. The Morgan fingerprint density at radius 3 is 2.43 bits per heavy atom. The molecule has 0 fully saturated rings. The maximum absolute atomic E-state index is 8.36. The Kier molecular flexibility index (Phi) is 7.38. The van der Waals surface area contributed by atoms with Gasteiger partial charge >= 0.3 is 0 Å². The van der Waals surface area contributed by atoms with Gasteiger partial charge < -0.3 is 15.3 Å². The predicted molar refractivity (Wildman–Crippen MR) is 88.5 cm³/mol. The Balaban J connectivity index is 0.000000816. The van der Waals surface area contributed by atoms with Gasteiger partial charge in [-0.2, -0.15) is 4.98 Å². The molecule has 2 N–H and O–H groups in total. The van der Waals surface area contributed by atoms with Gasteiger partial charge in [0.25, 0.3) is 6.47 Å². The Labute approximate surface area is 135 Å². The van der Waals surface area contributed by atoms with Gasteiger partial charge in [0.2, 0.25) is 5.95 Å². The quantitative estimate of drug-likeness (QED) is 0.802. The summed E-state index contributed by atoms with van der Waals surface area (Å²) in [7, 11) is 2.00. The van der Waals surface area contributed by atoms with Crippen LogP contribution in [0.15, 0.2) is 18.3 Å². The summed E-state index contributed by atoms with van der Waals surface area (Å²) >= 11 is 0. The van der Waals surface area contributed by atoms with Crippen LogP contribution in [-0.2, 0) is 11.3 Å². The standard InChI is InChI=1S/C14H20N6.CH2O2/c1-5-20(4)13-6-7-15-14(19-13)16-9-12-17-10(2)8-11(3)18-12;2-1-3/h6-8H,5,9H2,1-4H3,(H,15,16,19);1H,(H,2,3). The molecule has 2 rings (SSSR count). The SMILES string of the molecule is CCN(C)c1ccnc(NCc2nc(C)cc(C)n2)n1.O=CO. The van der Waals surface area contributed by atoms with Crippen molar-refractivity contribution in [1.29, 1.82) is 0 Å². The molecule has 8 nitrogen and oxygen atoms in total. The third-order valence-electron chi connectivity index (χ3n) is 2.94. The fourth-order valence-electron chi connectivity index (χ4n) is 1.85. The van der Waals surface area contributed by atoms with Gasteiger partial charge in [-0.1, -0.05) is 0 Å². The van der Waals surface area contributed by atoms with Crippen LogP contribution in [-0.4, -0.2) is 45.1 Å². The van der Waals surface area contributed by atoms with E-state index in [0.29, 0.717) is 12.5 Å². The van der Waals surface area contributed by atoms with E-state index in [0.717, 1.165) is 29.6 Å². The topological polar surface area (TPSA) is 104 Å². The first-order valence-electron chi connectivity index (χ1n) is 7.17. The average molecular weight is 318 g/mol. The summed E-state index contributed by atoms with van der Waals surface area (Å²) in [4.78, 5) is 27.8. The zero-order chi connectivity index (χ0) is 17.2. The number of rotatable bonds is 5. The summed E-state index contributed by atoms with van der Waals surface area (Å²) in [5.74, 6) is 2.23. The molecule has 0 spiro atoms. The van der Waals surface area contributed by atoms with Gasteiger partial charge in [-0.25, -0.2) is 15.0 Å². The van der Waals surface area contributed by atoms with Crippen molar-refractivity contribution in [2.75, 3.05) is 23.8 Å². The van der Waals surface area contributed by atoms with Crippen LogP contribution in [0.1, 0.15) is 24.1 Å². The van der Waals surface area contributed by atoms with Crippen LogP contribution in [0.3, 0.4) is 0 Å². The number of aryl methyl sites for hydroxylation is 2. The van der Waals surface area contributed by atoms with Crippen molar-refractivity contribution < 1.29 is 9.90 Å². The molecule has 23 heavy (non-hydrogen) atoms. The lowest BCUT2D eigenvalue weighted by molar-refractivity contribution is -0.122. The summed E-state index contributed by atoms with van der Waals surface area (Å²) in [6, 6.07) is 3.85. The molecule has 0 amide bonds. The van der Waals surface area contributed by atoms with Gasteiger partial charge in [-0.15, -0.1) is 0 Å². The van der Waals surface area contributed by atoms with Crippen LogP contribution in [0.5, 0.6) is 0 Å². The molecular formula is C15H22N6O2. The normalized spacial score (nSPS) is 9.57. The molecule has 0 radical (unpaired) electrons. The molecule has 0 unspecified atom stereocenters. The molecule has 2 aromatic rings. The molecule has 2 heterocycles. The molecule has 0 bridgehead atoms. The number of hydrogen-bond acceptors (Lipinski definition) is 7.